The smallest absolute Gasteiger partial charge is 0.328 e. The lowest BCUT2D eigenvalue weighted by atomic mass is 10.0. The van der Waals surface area contributed by atoms with E-state index in [9.17, 15) is 8.42 Å². The second-order valence-electron chi connectivity index (χ2n) is 3.68. The van der Waals surface area contributed by atoms with Gasteiger partial charge in [0.05, 0.1) is 12.9 Å². The number of hydrogen-bond donors (Lipinski definition) is 0. The molecular weight excluding hydrogens is 280 g/mol. The second kappa shape index (κ2) is 6.73. The maximum atomic E-state index is 11.2. The van der Waals surface area contributed by atoms with Gasteiger partial charge in [-0.3, -0.25) is 4.28 Å². The molecule has 0 aliphatic heterocycles. The van der Waals surface area contributed by atoms with Gasteiger partial charge in [0.25, 0.3) is 0 Å². The van der Waals surface area contributed by atoms with Crippen LogP contribution in [-0.2, 0) is 14.4 Å². The summed E-state index contributed by atoms with van der Waals surface area (Å²) in [6.45, 7) is 5.12. The van der Waals surface area contributed by atoms with Crippen molar-refractivity contribution in [2.75, 3.05) is 12.9 Å². The molecular formula is C13H14N2O4S. The molecule has 0 unspecified atom stereocenters. The van der Waals surface area contributed by atoms with Crippen LogP contribution in [0.15, 0.2) is 36.0 Å². The Morgan fingerprint density at radius 2 is 2.20 bits per heavy atom. The Hall–Kier alpha value is -2.33. The molecule has 0 N–H and O–H groups in total. The fourth-order valence-electron chi connectivity index (χ4n) is 1.24. The van der Waals surface area contributed by atoms with Gasteiger partial charge >= 0.3 is 10.1 Å². The maximum absolute atomic E-state index is 11.2. The average molecular weight is 294 g/mol. The molecule has 0 saturated heterocycles. The summed E-state index contributed by atoms with van der Waals surface area (Å²) in [5.41, 5.74) is 0.620. The molecule has 0 heterocycles. The lowest BCUT2D eigenvalue weighted by Gasteiger charge is -2.06. The molecule has 106 valence electrons. The molecule has 0 aliphatic rings. The Balaban J connectivity index is 3.04. The first-order valence-electron chi connectivity index (χ1n) is 5.66. The summed E-state index contributed by atoms with van der Waals surface area (Å²) < 4.78 is 31.8. The highest BCUT2D eigenvalue weighted by atomic mass is 32.2. The quantitative estimate of drug-likeness (QED) is 0.591. The maximum Gasteiger partial charge on any atom is 0.328 e. The van der Waals surface area contributed by atoms with E-state index in [1.165, 1.54) is 14.0 Å². The summed E-state index contributed by atoms with van der Waals surface area (Å²) in [5.74, 6) is 0.351. The van der Waals surface area contributed by atoms with E-state index in [4.69, 9.17) is 10.00 Å². The largest absolute Gasteiger partial charge is 0.497 e. The van der Waals surface area contributed by atoms with Crippen LogP contribution in [0, 0.1) is 11.3 Å². The Kier molecular flexibility index (Phi) is 5.29. The van der Waals surface area contributed by atoms with Gasteiger partial charge in [-0.05, 0) is 24.6 Å². The molecule has 0 aliphatic carbocycles. The molecule has 1 rings (SSSR count). The molecule has 0 spiro atoms. The van der Waals surface area contributed by atoms with Crippen molar-refractivity contribution in [1.29, 1.82) is 5.26 Å². The number of allylic oxidation sites excluding steroid dienone is 1. The third-order valence-electron chi connectivity index (χ3n) is 2.41. The fraction of sp³-hybridized carbons (Fsp3) is 0.231. The molecule has 7 heteroatoms. The normalized spacial score (nSPS) is 11.6. The zero-order valence-electron chi connectivity index (χ0n) is 11.2. The van der Waals surface area contributed by atoms with Crippen molar-refractivity contribution in [1.82, 2.24) is 0 Å². The van der Waals surface area contributed by atoms with Crippen LogP contribution >= 0.6 is 0 Å². The van der Waals surface area contributed by atoms with Crippen molar-refractivity contribution in [3.63, 3.8) is 0 Å². The lowest BCUT2D eigenvalue weighted by Crippen LogP contribution is -2.07. The van der Waals surface area contributed by atoms with Crippen LogP contribution < -0.4 is 4.74 Å². The number of oxime groups is 1. The zero-order valence-corrected chi connectivity index (χ0v) is 12.0. The van der Waals surface area contributed by atoms with Crippen LogP contribution in [-0.4, -0.2) is 27.0 Å². The lowest BCUT2D eigenvalue weighted by molar-refractivity contribution is 0.341. The van der Waals surface area contributed by atoms with Gasteiger partial charge < -0.3 is 4.74 Å². The predicted octanol–water partition coefficient (Wildman–Crippen LogP) is 1.95. The third-order valence-corrected chi connectivity index (χ3v) is 3.41. The van der Waals surface area contributed by atoms with Crippen molar-refractivity contribution >= 4 is 21.4 Å². The van der Waals surface area contributed by atoms with E-state index in [1.54, 1.807) is 30.3 Å². The summed E-state index contributed by atoms with van der Waals surface area (Å²) in [6, 6.07) is 8.57. The number of nitrogens with zero attached hydrogens (tertiary/aromatic N) is 2. The van der Waals surface area contributed by atoms with Crippen LogP contribution in [0.3, 0.4) is 0 Å². The van der Waals surface area contributed by atoms with Gasteiger partial charge in [0.2, 0.25) is 0 Å². The number of rotatable bonds is 6. The van der Waals surface area contributed by atoms with E-state index >= 15 is 0 Å². The van der Waals surface area contributed by atoms with E-state index in [-0.39, 0.29) is 17.0 Å². The summed E-state index contributed by atoms with van der Waals surface area (Å²) >= 11 is 0. The van der Waals surface area contributed by atoms with Crippen LogP contribution in [0.1, 0.15) is 12.5 Å². The van der Waals surface area contributed by atoms with E-state index in [0.717, 1.165) is 0 Å². The minimum atomic E-state index is -3.76. The Bertz CT molecular complexity index is 672. The molecule has 0 bridgehead atoms. The predicted molar refractivity (Wildman–Crippen MR) is 75.6 cm³/mol. The van der Waals surface area contributed by atoms with Gasteiger partial charge in [-0.2, -0.15) is 13.7 Å². The summed E-state index contributed by atoms with van der Waals surface area (Å²) in [5, 5.41) is 12.3. The van der Waals surface area contributed by atoms with Crippen LogP contribution in [0.5, 0.6) is 5.75 Å². The monoisotopic (exact) mass is 294 g/mol. The number of ether oxygens (including phenoxy) is 1. The van der Waals surface area contributed by atoms with E-state index < -0.39 is 10.1 Å². The first kappa shape index (κ1) is 15.7. The SMILES string of the molecule is C=C(/C(C#N)=N\OS(=O)(=O)CC)c1cccc(OC)c1. The standard InChI is InChI=1S/C13H14N2O4S/c1-4-20(16,17)19-15-13(9-14)10(2)11-6-5-7-12(8-11)18-3/h5-8H,2,4H2,1,3H3/b15-13-. The summed E-state index contributed by atoms with van der Waals surface area (Å²) in [7, 11) is -2.25. The highest BCUT2D eigenvalue weighted by Gasteiger charge is 2.12. The summed E-state index contributed by atoms with van der Waals surface area (Å²) in [6.07, 6.45) is 0. The molecule has 1 aromatic carbocycles. The average Bonchev–Trinajstić information content (AvgIpc) is 2.47. The van der Waals surface area contributed by atoms with Gasteiger partial charge in [0, 0.05) is 5.57 Å². The Labute approximate surface area is 118 Å². The van der Waals surface area contributed by atoms with E-state index in [0.29, 0.717) is 11.3 Å². The highest BCUT2D eigenvalue weighted by Crippen LogP contribution is 2.20. The molecule has 6 nitrogen and oxygen atoms in total. The van der Waals surface area contributed by atoms with Gasteiger partial charge in [-0.25, -0.2) is 0 Å². The van der Waals surface area contributed by atoms with Gasteiger partial charge in [0.15, 0.2) is 5.71 Å². The van der Waals surface area contributed by atoms with Crippen molar-refractivity contribution in [2.45, 2.75) is 6.92 Å². The highest BCUT2D eigenvalue weighted by molar-refractivity contribution is 7.86. The Morgan fingerprint density at radius 1 is 1.50 bits per heavy atom. The minimum absolute atomic E-state index is 0.213. The van der Waals surface area contributed by atoms with Crippen molar-refractivity contribution in [3.05, 3.63) is 36.4 Å². The topological polar surface area (TPSA) is 88.8 Å². The molecule has 0 amide bonds. The van der Waals surface area contributed by atoms with Crippen molar-refractivity contribution in [2.24, 2.45) is 5.16 Å². The minimum Gasteiger partial charge on any atom is -0.497 e. The fourth-order valence-corrected chi connectivity index (χ4v) is 1.53. The van der Waals surface area contributed by atoms with E-state index in [2.05, 4.69) is 16.0 Å². The number of benzene rings is 1. The Morgan fingerprint density at radius 3 is 2.75 bits per heavy atom. The molecule has 0 aromatic heterocycles. The van der Waals surface area contributed by atoms with Crippen molar-refractivity contribution in [3.8, 4) is 11.8 Å². The van der Waals surface area contributed by atoms with E-state index in [1.807, 2.05) is 0 Å². The first-order chi connectivity index (χ1) is 9.43. The molecule has 0 atom stereocenters. The molecule has 0 saturated carbocycles. The summed E-state index contributed by atoms with van der Waals surface area (Å²) in [4.78, 5) is 0. The van der Waals surface area contributed by atoms with Crippen LogP contribution in [0.4, 0.5) is 0 Å². The number of hydrogen-bond acceptors (Lipinski definition) is 6. The molecule has 0 radical (unpaired) electrons. The number of nitriles is 1. The number of methoxy groups -OCH3 is 1. The zero-order chi connectivity index (χ0) is 15.2. The van der Waals surface area contributed by atoms with Gasteiger partial charge in [-0.15, -0.1) is 0 Å². The second-order valence-corrected chi connectivity index (χ2v) is 5.52. The van der Waals surface area contributed by atoms with Gasteiger partial charge in [0.1, 0.15) is 11.8 Å². The molecule has 0 fully saturated rings. The van der Waals surface area contributed by atoms with Crippen LogP contribution in [0.25, 0.3) is 5.57 Å². The molecule has 20 heavy (non-hydrogen) atoms. The first-order valence-corrected chi connectivity index (χ1v) is 7.24. The molecule has 1 aromatic rings. The third kappa shape index (κ3) is 4.10. The van der Waals surface area contributed by atoms with Gasteiger partial charge in [-0.1, -0.05) is 23.9 Å². The van der Waals surface area contributed by atoms with Crippen molar-refractivity contribution < 1.29 is 17.4 Å². The van der Waals surface area contributed by atoms with Crippen LogP contribution in [0.2, 0.25) is 0 Å².